The van der Waals surface area contributed by atoms with Crippen molar-refractivity contribution in [2.75, 3.05) is 5.32 Å². The zero-order chi connectivity index (χ0) is 18.5. The van der Waals surface area contributed by atoms with Gasteiger partial charge in [-0.1, -0.05) is 44.5 Å². The van der Waals surface area contributed by atoms with Crippen LogP contribution in [0.15, 0.2) is 36.5 Å². The summed E-state index contributed by atoms with van der Waals surface area (Å²) >= 11 is 5.95. The van der Waals surface area contributed by atoms with Crippen LogP contribution in [-0.2, 0) is 4.79 Å². The number of amides is 1. The molecule has 1 aliphatic carbocycles. The lowest BCUT2D eigenvalue weighted by Gasteiger charge is -2.20. The molecule has 2 heterocycles. The van der Waals surface area contributed by atoms with Crippen molar-refractivity contribution in [1.82, 2.24) is 14.6 Å². The zero-order valence-corrected chi connectivity index (χ0v) is 15.8. The summed E-state index contributed by atoms with van der Waals surface area (Å²) in [5.74, 6) is 0.556. The molecule has 0 atom stereocenters. The van der Waals surface area contributed by atoms with Crippen molar-refractivity contribution >= 4 is 28.8 Å². The van der Waals surface area contributed by atoms with Crippen LogP contribution in [-0.4, -0.2) is 20.5 Å². The van der Waals surface area contributed by atoms with Crippen molar-refractivity contribution < 1.29 is 4.79 Å². The van der Waals surface area contributed by atoms with Gasteiger partial charge in [0.1, 0.15) is 5.15 Å². The molecule has 6 heteroatoms. The third-order valence-corrected chi connectivity index (χ3v) is 4.78. The van der Waals surface area contributed by atoms with Gasteiger partial charge in [0, 0.05) is 16.7 Å². The fourth-order valence-electron chi connectivity index (χ4n) is 2.88. The Labute approximate surface area is 157 Å². The van der Waals surface area contributed by atoms with Crippen LogP contribution >= 0.6 is 11.6 Å². The van der Waals surface area contributed by atoms with E-state index >= 15 is 0 Å². The fourth-order valence-corrected chi connectivity index (χ4v) is 3.03. The van der Waals surface area contributed by atoms with Crippen molar-refractivity contribution in [3.05, 3.63) is 47.2 Å². The second-order valence-corrected chi connectivity index (χ2v) is 8.25. The van der Waals surface area contributed by atoms with Gasteiger partial charge in [-0.25, -0.2) is 9.50 Å². The molecule has 1 fully saturated rings. The van der Waals surface area contributed by atoms with E-state index in [1.807, 2.05) is 39.1 Å². The topological polar surface area (TPSA) is 59.3 Å². The lowest BCUT2D eigenvalue weighted by atomic mass is 9.95. The maximum atomic E-state index is 12.5. The van der Waals surface area contributed by atoms with E-state index < -0.39 is 5.41 Å². The van der Waals surface area contributed by atoms with Crippen LogP contribution in [0.5, 0.6) is 0 Å². The Morgan fingerprint density at radius 2 is 2.00 bits per heavy atom. The number of hydrogen-bond acceptors (Lipinski definition) is 3. The molecule has 0 aliphatic heterocycles. The van der Waals surface area contributed by atoms with Crippen molar-refractivity contribution in [2.24, 2.45) is 5.41 Å². The third-order valence-electron chi connectivity index (χ3n) is 4.58. The van der Waals surface area contributed by atoms with Crippen molar-refractivity contribution in [3.8, 4) is 11.3 Å². The van der Waals surface area contributed by atoms with E-state index in [0.717, 1.165) is 22.6 Å². The van der Waals surface area contributed by atoms with Crippen LogP contribution in [0.1, 0.15) is 45.1 Å². The van der Waals surface area contributed by atoms with E-state index in [1.165, 1.54) is 18.4 Å². The maximum Gasteiger partial charge on any atom is 0.229 e. The molecule has 1 saturated carbocycles. The number of carbonyl (C=O) groups excluding carboxylic acids is 1. The minimum atomic E-state index is -0.444. The molecule has 1 N–H and O–H groups in total. The summed E-state index contributed by atoms with van der Waals surface area (Å²) < 4.78 is 1.67. The van der Waals surface area contributed by atoms with Gasteiger partial charge in [-0.15, -0.1) is 0 Å². The number of hydrogen-bond donors (Lipinski definition) is 1. The number of imidazole rings is 1. The van der Waals surface area contributed by atoms with Crippen LogP contribution in [0, 0.1) is 5.41 Å². The molecule has 0 bridgehead atoms. The van der Waals surface area contributed by atoms with Gasteiger partial charge in [-0.05, 0) is 42.5 Å². The second-order valence-electron chi connectivity index (χ2n) is 7.87. The Bertz CT molecular complexity index is 999. The minimum Gasteiger partial charge on any atom is -0.325 e. The summed E-state index contributed by atoms with van der Waals surface area (Å²) in [6, 6.07) is 9.73. The first-order valence-electron chi connectivity index (χ1n) is 8.79. The molecular weight excluding hydrogens is 348 g/mol. The van der Waals surface area contributed by atoms with Crippen LogP contribution in [0.3, 0.4) is 0 Å². The highest BCUT2D eigenvalue weighted by Crippen LogP contribution is 2.44. The lowest BCUT2D eigenvalue weighted by Crippen LogP contribution is -2.28. The molecule has 134 valence electrons. The summed E-state index contributed by atoms with van der Waals surface area (Å²) in [4.78, 5) is 17.1. The normalized spacial score (nSPS) is 14.6. The third kappa shape index (κ3) is 3.31. The minimum absolute atomic E-state index is 0.0139. The molecule has 3 aromatic rings. The highest BCUT2D eigenvalue weighted by molar-refractivity contribution is 6.29. The number of halogens is 1. The van der Waals surface area contributed by atoms with Gasteiger partial charge in [0.15, 0.2) is 5.65 Å². The molecule has 1 aliphatic rings. The van der Waals surface area contributed by atoms with Crippen LogP contribution in [0.4, 0.5) is 5.69 Å². The molecule has 1 amide bonds. The van der Waals surface area contributed by atoms with E-state index in [9.17, 15) is 4.79 Å². The first kappa shape index (κ1) is 17.0. The summed E-state index contributed by atoms with van der Waals surface area (Å²) in [5, 5.41) is 7.77. The summed E-state index contributed by atoms with van der Waals surface area (Å²) in [7, 11) is 0. The molecule has 26 heavy (non-hydrogen) atoms. The lowest BCUT2D eigenvalue weighted by molar-refractivity contribution is -0.123. The van der Waals surface area contributed by atoms with E-state index in [1.54, 1.807) is 10.6 Å². The maximum absolute atomic E-state index is 12.5. The van der Waals surface area contributed by atoms with Gasteiger partial charge in [0.05, 0.1) is 11.9 Å². The predicted molar refractivity (Wildman–Crippen MR) is 103 cm³/mol. The molecule has 0 saturated heterocycles. The number of nitrogens with zero attached hydrogens (tertiary/aromatic N) is 3. The van der Waals surface area contributed by atoms with Crippen molar-refractivity contribution in [1.29, 1.82) is 0 Å². The fraction of sp³-hybridized carbons (Fsp3) is 0.350. The molecule has 0 radical (unpaired) electrons. The Morgan fingerprint density at radius 1 is 1.23 bits per heavy atom. The number of nitrogens with one attached hydrogen (secondary N) is 1. The SMILES string of the molecule is CC(C)(C)C(=O)Nc1cc(-c2cn3nc(Cl)ccc3n2)ccc1C1CC1. The molecular formula is C20H21ClN4O. The molecule has 4 rings (SSSR count). The summed E-state index contributed by atoms with van der Waals surface area (Å²) in [6.07, 6.45) is 4.20. The first-order valence-corrected chi connectivity index (χ1v) is 9.17. The number of carbonyl (C=O) groups is 1. The number of rotatable bonds is 3. The summed E-state index contributed by atoms with van der Waals surface area (Å²) in [6.45, 7) is 5.75. The molecule has 0 spiro atoms. The Kier molecular flexibility index (Phi) is 3.99. The van der Waals surface area contributed by atoms with Gasteiger partial charge in [-0.2, -0.15) is 5.10 Å². The number of aromatic nitrogens is 3. The van der Waals surface area contributed by atoms with Crippen molar-refractivity contribution in [3.63, 3.8) is 0 Å². The monoisotopic (exact) mass is 368 g/mol. The van der Waals surface area contributed by atoms with Crippen LogP contribution in [0.25, 0.3) is 16.9 Å². The zero-order valence-electron chi connectivity index (χ0n) is 15.1. The Balaban J connectivity index is 1.74. The van der Waals surface area contributed by atoms with Gasteiger partial charge in [0.25, 0.3) is 0 Å². The number of anilines is 1. The molecule has 2 aromatic heterocycles. The highest BCUT2D eigenvalue weighted by atomic mass is 35.5. The van der Waals surface area contributed by atoms with Crippen LogP contribution in [0.2, 0.25) is 5.15 Å². The van der Waals surface area contributed by atoms with E-state index in [2.05, 4.69) is 27.5 Å². The smallest absolute Gasteiger partial charge is 0.229 e. The largest absolute Gasteiger partial charge is 0.325 e. The quantitative estimate of drug-likeness (QED) is 0.714. The van der Waals surface area contributed by atoms with Gasteiger partial charge >= 0.3 is 0 Å². The van der Waals surface area contributed by atoms with Crippen molar-refractivity contribution in [2.45, 2.75) is 39.5 Å². The Morgan fingerprint density at radius 3 is 2.69 bits per heavy atom. The summed E-state index contributed by atoms with van der Waals surface area (Å²) in [5.41, 5.74) is 4.12. The molecule has 0 unspecified atom stereocenters. The molecule has 1 aromatic carbocycles. The van der Waals surface area contributed by atoms with E-state index in [4.69, 9.17) is 11.6 Å². The van der Waals surface area contributed by atoms with E-state index in [0.29, 0.717) is 11.1 Å². The predicted octanol–water partition coefficient (Wildman–Crippen LogP) is 4.91. The average molecular weight is 369 g/mol. The molecule has 5 nitrogen and oxygen atoms in total. The van der Waals surface area contributed by atoms with E-state index in [-0.39, 0.29) is 5.91 Å². The van der Waals surface area contributed by atoms with Gasteiger partial charge < -0.3 is 5.32 Å². The van der Waals surface area contributed by atoms with Gasteiger partial charge in [0.2, 0.25) is 5.91 Å². The van der Waals surface area contributed by atoms with Crippen LogP contribution < -0.4 is 5.32 Å². The highest BCUT2D eigenvalue weighted by Gasteiger charge is 2.29. The Hall–Kier alpha value is -2.40. The standard InChI is InChI=1S/C20H21ClN4O/c1-20(2,3)19(26)23-15-10-13(6-7-14(15)12-4-5-12)16-11-25-18(22-16)9-8-17(21)24-25/h6-12H,4-5H2,1-3H3,(H,23,26). The second kappa shape index (κ2) is 6.09. The first-order chi connectivity index (χ1) is 12.3. The average Bonchev–Trinajstić information content (AvgIpc) is 3.33. The number of benzene rings is 1. The number of fused-ring (bicyclic) bond motifs is 1. The van der Waals surface area contributed by atoms with Gasteiger partial charge in [-0.3, -0.25) is 4.79 Å².